The Morgan fingerprint density at radius 2 is 2.12 bits per heavy atom. The molecule has 3 aromatic rings. The minimum atomic E-state index is -0.330. The van der Waals surface area contributed by atoms with Gasteiger partial charge in [0.15, 0.2) is 11.5 Å². The average Bonchev–Trinajstić information content (AvgIpc) is 3.19. The zero-order chi connectivity index (χ0) is 17.1. The molecule has 124 valence electrons. The molecule has 1 amide bonds. The maximum atomic E-state index is 12.2. The third-order valence-electron chi connectivity index (χ3n) is 3.38. The first kappa shape index (κ1) is 16.1. The van der Waals surface area contributed by atoms with Gasteiger partial charge in [-0.2, -0.15) is 5.10 Å². The van der Waals surface area contributed by atoms with Crippen LogP contribution in [0.4, 0.5) is 0 Å². The number of aromatic nitrogens is 6. The van der Waals surface area contributed by atoms with Crippen LogP contribution in [0.1, 0.15) is 40.7 Å². The lowest BCUT2D eigenvalue weighted by molar-refractivity contribution is 0.0933. The smallest absolute Gasteiger partial charge is 0.274 e. The van der Waals surface area contributed by atoms with Crippen LogP contribution >= 0.6 is 11.6 Å². The van der Waals surface area contributed by atoms with E-state index in [1.165, 1.54) is 0 Å². The number of nitrogens with one attached hydrogen (secondary N) is 2. The van der Waals surface area contributed by atoms with Crippen molar-refractivity contribution in [2.75, 3.05) is 0 Å². The molecule has 0 fully saturated rings. The van der Waals surface area contributed by atoms with Crippen LogP contribution in [0.3, 0.4) is 0 Å². The SMILES string of the molecule is Cc1nc([C@H](C)NC(=O)c2cn(Cc3ccc(Cl)cc3)nn2)n[nH]1. The molecule has 0 saturated heterocycles. The predicted octanol–water partition coefficient (Wildman–Crippen LogP) is 1.90. The molecule has 8 nitrogen and oxygen atoms in total. The number of amides is 1. The highest BCUT2D eigenvalue weighted by Gasteiger charge is 2.17. The molecule has 3 rings (SSSR count). The van der Waals surface area contributed by atoms with Crippen LogP contribution in [-0.2, 0) is 6.54 Å². The number of rotatable bonds is 5. The molecular weight excluding hydrogens is 330 g/mol. The molecule has 0 spiro atoms. The second-order valence-electron chi connectivity index (χ2n) is 5.40. The van der Waals surface area contributed by atoms with E-state index >= 15 is 0 Å². The Balaban J connectivity index is 1.64. The topological polar surface area (TPSA) is 101 Å². The Labute approximate surface area is 143 Å². The van der Waals surface area contributed by atoms with E-state index in [4.69, 9.17) is 11.6 Å². The fraction of sp³-hybridized carbons (Fsp3) is 0.267. The molecule has 9 heteroatoms. The number of H-pyrrole nitrogens is 1. The largest absolute Gasteiger partial charge is 0.341 e. The zero-order valence-corrected chi connectivity index (χ0v) is 13.9. The number of hydrogen-bond acceptors (Lipinski definition) is 5. The Morgan fingerprint density at radius 3 is 2.79 bits per heavy atom. The lowest BCUT2D eigenvalue weighted by Gasteiger charge is -2.08. The van der Waals surface area contributed by atoms with Crippen molar-refractivity contribution in [3.05, 3.63) is 58.4 Å². The summed E-state index contributed by atoms with van der Waals surface area (Å²) in [4.78, 5) is 16.4. The summed E-state index contributed by atoms with van der Waals surface area (Å²) >= 11 is 5.86. The number of benzene rings is 1. The highest BCUT2D eigenvalue weighted by Crippen LogP contribution is 2.11. The summed E-state index contributed by atoms with van der Waals surface area (Å²) in [5, 5.41) is 18.1. The van der Waals surface area contributed by atoms with E-state index in [0.717, 1.165) is 5.56 Å². The van der Waals surface area contributed by atoms with Gasteiger partial charge in [-0.1, -0.05) is 28.9 Å². The van der Waals surface area contributed by atoms with Gasteiger partial charge >= 0.3 is 0 Å². The lowest BCUT2D eigenvalue weighted by Crippen LogP contribution is -2.27. The van der Waals surface area contributed by atoms with Gasteiger partial charge in [0.05, 0.1) is 18.8 Å². The molecule has 0 unspecified atom stereocenters. The number of nitrogens with zero attached hydrogens (tertiary/aromatic N) is 5. The van der Waals surface area contributed by atoms with E-state index in [-0.39, 0.29) is 17.6 Å². The van der Waals surface area contributed by atoms with Gasteiger partial charge in [-0.15, -0.1) is 5.10 Å². The molecule has 0 saturated carbocycles. The zero-order valence-electron chi connectivity index (χ0n) is 13.2. The van der Waals surface area contributed by atoms with E-state index in [1.54, 1.807) is 24.7 Å². The fourth-order valence-electron chi connectivity index (χ4n) is 2.15. The Hall–Kier alpha value is -2.74. The van der Waals surface area contributed by atoms with Gasteiger partial charge in [0.25, 0.3) is 5.91 Å². The standard InChI is InChI=1S/C15H16ClN7O/c1-9(14-18-10(2)19-21-14)17-15(24)13-8-23(22-20-13)7-11-3-5-12(16)6-4-11/h3-6,8-9H,7H2,1-2H3,(H,17,24)(H,18,19,21)/t9-/m0/s1. The number of carbonyl (C=O) groups is 1. The average molecular weight is 346 g/mol. The van der Waals surface area contributed by atoms with E-state index < -0.39 is 0 Å². The molecule has 0 bridgehead atoms. The number of aryl methyl sites for hydroxylation is 1. The summed E-state index contributed by atoms with van der Waals surface area (Å²) in [6.07, 6.45) is 1.60. The summed E-state index contributed by atoms with van der Waals surface area (Å²) < 4.78 is 1.60. The second kappa shape index (κ2) is 6.79. The van der Waals surface area contributed by atoms with E-state index in [1.807, 2.05) is 24.3 Å². The fourth-order valence-corrected chi connectivity index (χ4v) is 2.27. The van der Waals surface area contributed by atoms with Gasteiger partial charge < -0.3 is 5.32 Å². The third-order valence-corrected chi connectivity index (χ3v) is 3.63. The first-order valence-corrected chi connectivity index (χ1v) is 7.73. The summed E-state index contributed by atoms with van der Waals surface area (Å²) in [5.41, 5.74) is 1.25. The number of carbonyl (C=O) groups excluding carboxylic acids is 1. The Bertz CT molecular complexity index is 840. The monoisotopic (exact) mass is 345 g/mol. The second-order valence-corrected chi connectivity index (χ2v) is 5.84. The molecule has 0 radical (unpaired) electrons. The van der Waals surface area contributed by atoms with Gasteiger partial charge in [-0.05, 0) is 31.5 Å². The van der Waals surface area contributed by atoms with Crippen LogP contribution in [0.5, 0.6) is 0 Å². The van der Waals surface area contributed by atoms with Crippen LogP contribution in [0.25, 0.3) is 0 Å². The van der Waals surface area contributed by atoms with Crippen molar-refractivity contribution in [3.8, 4) is 0 Å². The Kier molecular flexibility index (Phi) is 4.57. The van der Waals surface area contributed by atoms with E-state index in [0.29, 0.717) is 23.2 Å². The van der Waals surface area contributed by atoms with Crippen molar-refractivity contribution >= 4 is 17.5 Å². The van der Waals surface area contributed by atoms with Gasteiger partial charge in [0.2, 0.25) is 0 Å². The summed E-state index contributed by atoms with van der Waals surface area (Å²) in [6, 6.07) is 7.09. The highest BCUT2D eigenvalue weighted by molar-refractivity contribution is 6.30. The van der Waals surface area contributed by atoms with Crippen LogP contribution in [0.2, 0.25) is 5.02 Å². The molecular formula is C15H16ClN7O. The van der Waals surface area contributed by atoms with Crippen LogP contribution < -0.4 is 5.32 Å². The van der Waals surface area contributed by atoms with Crippen LogP contribution in [0, 0.1) is 6.92 Å². The van der Waals surface area contributed by atoms with Crippen LogP contribution in [-0.4, -0.2) is 36.1 Å². The molecule has 0 aliphatic carbocycles. The van der Waals surface area contributed by atoms with Crippen molar-refractivity contribution in [1.82, 2.24) is 35.5 Å². The van der Waals surface area contributed by atoms with Crippen molar-refractivity contribution < 1.29 is 4.79 Å². The minimum absolute atomic E-state index is 0.239. The first-order chi connectivity index (χ1) is 11.5. The highest BCUT2D eigenvalue weighted by atomic mass is 35.5. The van der Waals surface area contributed by atoms with Crippen molar-refractivity contribution in [2.24, 2.45) is 0 Å². The van der Waals surface area contributed by atoms with E-state index in [9.17, 15) is 4.79 Å². The van der Waals surface area contributed by atoms with Crippen molar-refractivity contribution in [3.63, 3.8) is 0 Å². The number of aromatic amines is 1. The number of hydrogen-bond donors (Lipinski definition) is 2. The maximum Gasteiger partial charge on any atom is 0.274 e. The molecule has 24 heavy (non-hydrogen) atoms. The maximum absolute atomic E-state index is 12.2. The first-order valence-electron chi connectivity index (χ1n) is 7.35. The van der Waals surface area contributed by atoms with Gasteiger partial charge in [-0.25, -0.2) is 9.67 Å². The van der Waals surface area contributed by atoms with Gasteiger partial charge in [-0.3, -0.25) is 9.89 Å². The summed E-state index contributed by atoms with van der Waals surface area (Å²) in [7, 11) is 0. The molecule has 2 N–H and O–H groups in total. The molecule has 2 aromatic heterocycles. The normalized spacial score (nSPS) is 12.1. The number of halogens is 1. The Morgan fingerprint density at radius 1 is 1.38 bits per heavy atom. The molecule has 2 heterocycles. The molecule has 1 aromatic carbocycles. The van der Waals surface area contributed by atoms with Crippen LogP contribution in [0.15, 0.2) is 30.5 Å². The minimum Gasteiger partial charge on any atom is -0.341 e. The lowest BCUT2D eigenvalue weighted by atomic mass is 10.2. The summed E-state index contributed by atoms with van der Waals surface area (Å²) in [6.45, 7) is 4.11. The van der Waals surface area contributed by atoms with E-state index in [2.05, 4.69) is 30.8 Å². The quantitative estimate of drug-likeness (QED) is 0.735. The predicted molar refractivity (Wildman–Crippen MR) is 87.6 cm³/mol. The molecule has 0 aliphatic heterocycles. The van der Waals surface area contributed by atoms with Crippen molar-refractivity contribution in [1.29, 1.82) is 0 Å². The van der Waals surface area contributed by atoms with Gasteiger partial charge in [0.1, 0.15) is 5.82 Å². The molecule has 1 atom stereocenters. The third kappa shape index (κ3) is 3.77. The molecule has 0 aliphatic rings. The van der Waals surface area contributed by atoms with Crippen molar-refractivity contribution in [2.45, 2.75) is 26.4 Å². The summed E-state index contributed by atoms with van der Waals surface area (Å²) in [5.74, 6) is 0.890. The van der Waals surface area contributed by atoms with Gasteiger partial charge in [0, 0.05) is 5.02 Å².